The highest BCUT2D eigenvalue weighted by molar-refractivity contribution is 5.94. The Morgan fingerprint density at radius 2 is 1.85 bits per heavy atom. The van der Waals surface area contributed by atoms with Gasteiger partial charge in [0.25, 0.3) is 5.91 Å². The Morgan fingerprint density at radius 1 is 1.11 bits per heavy atom. The molecular formula is C20H27ClFN3O2. The molecule has 1 N–H and O–H groups in total. The second kappa shape index (κ2) is 8.15. The highest BCUT2D eigenvalue weighted by atomic mass is 35.5. The number of amides is 2. The second-order valence-corrected chi connectivity index (χ2v) is 7.82. The fraction of sp³-hybridized carbons (Fsp3) is 0.600. The Hall–Kier alpha value is -1.66. The minimum absolute atomic E-state index is 0. The molecule has 2 amide bonds. The SMILES string of the molecule is Cl.O=C(c1cccc(F)c1)N1CCN(C(=O)[C@@]23CCCC[C@H]2CNC3)CC1. The minimum atomic E-state index is -0.402. The summed E-state index contributed by atoms with van der Waals surface area (Å²) in [4.78, 5) is 29.5. The molecule has 148 valence electrons. The Balaban J connectivity index is 0.00000210. The van der Waals surface area contributed by atoms with Crippen molar-refractivity contribution < 1.29 is 14.0 Å². The largest absolute Gasteiger partial charge is 0.339 e. The fourth-order valence-corrected chi connectivity index (χ4v) is 4.90. The fourth-order valence-electron chi connectivity index (χ4n) is 4.90. The van der Waals surface area contributed by atoms with E-state index in [9.17, 15) is 14.0 Å². The van der Waals surface area contributed by atoms with E-state index in [1.165, 1.54) is 18.6 Å². The lowest BCUT2D eigenvalue weighted by molar-refractivity contribution is -0.146. The molecule has 5 nitrogen and oxygen atoms in total. The monoisotopic (exact) mass is 395 g/mol. The number of carbonyl (C=O) groups excluding carboxylic acids is 2. The molecule has 0 spiro atoms. The normalized spacial score (nSPS) is 27.7. The van der Waals surface area contributed by atoms with Crippen molar-refractivity contribution in [3.63, 3.8) is 0 Å². The lowest BCUT2D eigenvalue weighted by Gasteiger charge is -2.43. The molecule has 7 heteroatoms. The van der Waals surface area contributed by atoms with Crippen LogP contribution in [0.1, 0.15) is 36.0 Å². The van der Waals surface area contributed by atoms with Crippen LogP contribution in [0, 0.1) is 17.2 Å². The highest BCUT2D eigenvalue weighted by Crippen LogP contribution is 2.45. The first-order valence-electron chi connectivity index (χ1n) is 9.65. The molecule has 0 unspecified atom stereocenters. The number of hydrogen-bond donors (Lipinski definition) is 1. The zero-order valence-electron chi connectivity index (χ0n) is 15.5. The van der Waals surface area contributed by atoms with Gasteiger partial charge in [-0.3, -0.25) is 9.59 Å². The van der Waals surface area contributed by atoms with Crippen molar-refractivity contribution in [2.75, 3.05) is 39.3 Å². The third kappa shape index (κ3) is 3.69. The van der Waals surface area contributed by atoms with Crippen molar-refractivity contribution >= 4 is 24.2 Å². The van der Waals surface area contributed by atoms with Crippen LogP contribution in [0.2, 0.25) is 0 Å². The van der Waals surface area contributed by atoms with Gasteiger partial charge in [0, 0.05) is 38.3 Å². The highest BCUT2D eigenvalue weighted by Gasteiger charge is 2.51. The molecule has 3 aliphatic rings. The molecule has 1 saturated carbocycles. The van der Waals surface area contributed by atoms with Crippen LogP contribution in [0.5, 0.6) is 0 Å². The Labute approximate surface area is 165 Å². The first kappa shape index (κ1) is 20.1. The predicted molar refractivity (Wildman–Crippen MR) is 103 cm³/mol. The minimum Gasteiger partial charge on any atom is -0.339 e. The van der Waals surface area contributed by atoms with Gasteiger partial charge in [0.2, 0.25) is 5.91 Å². The average molecular weight is 396 g/mol. The summed E-state index contributed by atoms with van der Waals surface area (Å²) in [6.45, 7) is 3.88. The van der Waals surface area contributed by atoms with Gasteiger partial charge in [0.15, 0.2) is 0 Å². The first-order valence-corrected chi connectivity index (χ1v) is 9.65. The lowest BCUT2D eigenvalue weighted by Crippen LogP contribution is -2.56. The Bertz CT molecular complexity index is 708. The number of carbonyl (C=O) groups is 2. The number of piperazine rings is 1. The number of nitrogens with one attached hydrogen (secondary N) is 1. The summed E-state index contributed by atoms with van der Waals surface area (Å²) in [5.41, 5.74) is 0.142. The van der Waals surface area contributed by atoms with Crippen molar-refractivity contribution in [2.24, 2.45) is 11.3 Å². The molecule has 2 saturated heterocycles. The van der Waals surface area contributed by atoms with E-state index < -0.39 is 5.82 Å². The van der Waals surface area contributed by atoms with Crippen LogP contribution in [-0.4, -0.2) is 60.9 Å². The standard InChI is InChI=1S/C20H26FN3O2.ClH/c21-17-6-3-4-15(12-17)18(25)23-8-10-24(11-9-23)19(26)20-7-2-1-5-16(20)13-22-14-20;/h3-4,6,12,16,22H,1-2,5,7-11,13-14H2;1H/t16-,20+;/m0./s1. The van der Waals surface area contributed by atoms with E-state index in [-0.39, 0.29) is 29.6 Å². The van der Waals surface area contributed by atoms with Crippen molar-refractivity contribution in [1.29, 1.82) is 0 Å². The van der Waals surface area contributed by atoms with Gasteiger partial charge in [-0.1, -0.05) is 18.9 Å². The molecule has 1 aromatic carbocycles. The molecule has 1 aromatic rings. The number of benzene rings is 1. The molecular weight excluding hydrogens is 369 g/mol. The molecule has 4 rings (SSSR count). The van der Waals surface area contributed by atoms with Crippen LogP contribution >= 0.6 is 12.4 Å². The van der Waals surface area contributed by atoms with Crippen LogP contribution in [0.25, 0.3) is 0 Å². The van der Waals surface area contributed by atoms with Gasteiger partial charge in [0.1, 0.15) is 5.82 Å². The van der Waals surface area contributed by atoms with Crippen LogP contribution in [0.15, 0.2) is 24.3 Å². The zero-order valence-corrected chi connectivity index (χ0v) is 16.3. The summed E-state index contributed by atoms with van der Waals surface area (Å²) in [5.74, 6) is 0.162. The molecule has 27 heavy (non-hydrogen) atoms. The zero-order chi connectivity index (χ0) is 18.1. The molecule has 0 aromatic heterocycles. The van der Waals surface area contributed by atoms with E-state index in [1.54, 1.807) is 17.0 Å². The first-order chi connectivity index (χ1) is 12.6. The van der Waals surface area contributed by atoms with E-state index in [0.717, 1.165) is 32.4 Å². The van der Waals surface area contributed by atoms with Gasteiger partial charge < -0.3 is 15.1 Å². The summed E-state index contributed by atoms with van der Waals surface area (Å²) in [7, 11) is 0. The summed E-state index contributed by atoms with van der Waals surface area (Å²) >= 11 is 0. The quantitative estimate of drug-likeness (QED) is 0.836. The number of fused-ring (bicyclic) bond motifs is 1. The van der Waals surface area contributed by atoms with Crippen LogP contribution in [-0.2, 0) is 4.79 Å². The summed E-state index contributed by atoms with van der Waals surface area (Å²) in [6, 6.07) is 5.80. The van der Waals surface area contributed by atoms with Crippen molar-refractivity contribution in [3.8, 4) is 0 Å². The maximum absolute atomic E-state index is 13.4. The summed E-state index contributed by atoms with van der Waals surface area (Å²) in [5, 5.41) is 3.43. The molecule has 2 aliphatic heterocycles. The Morgan fingerprint density at radius 3 is 2.59 bits per heavy atom. The summed E-state index contributed by atoms with van der Waals surface area (Å²) < 4.78 is 13.4. The van der Waals surface area contributed by atoms with Crippen molar-refractivity contribution in [2.45, 2.75) is 25.7 Å². The predicted octanol–water partition coefficient (Wildman–Crippen LogP) is 2.31. The number of nitrogens with zero attached hydrogens (tertiary/aromatic N) is 2. The van der Waals surface area contributed by atoms with E-state index in [0.29, 0.717) is 37.7 Å². The smallest absolute Gasteiger partial charge is 0.254 e. The van der Waals surface area contributed by atoms with Gasteiger partial charge in [-0.25, -0.2) is 4.39 Å². The van der Waals surface area contributed by atoms with Crippen LogP contribution in [0.4, 0.5) is 4.39 Å². The van der Waals surface area contributed by atoms with Gasteiger partial charge in [-0.15, -0.1) is 12.4 Å². The third-order valence-corrected chi connectivity index (χ3v) is 6.39. The van der Waals surface area contributed by atoms with Crippen LogP contribution < -0.4 is 5.32 Å². The van der Waals surface area contributed by atoms with E-state index >= 15 is 0 Å². The lowest BCUT2D eigenvalue weighted by atomic mass is 9.67. The second-order valence-electron chi connectivity index (χ2n) is 7.82. The van der Waals surface area contributed by atoms with E-state index in [1.807, 2.05) is 4.90 Å². The molecule has 2 heterocycles. The number of halogens is 2. The van der Waals surface area contributed by atoms with Gasteiger partial charge >= 0.3 is 0 Å². The van der Waals surface area contributed by atoms with Gasteiger partial charge in [-0.05, 0) is 43.5 Å². The topological polar surface area (TPSA) is 52.7 Å². The van der Waals surface area contributed by atoms with Crippen LogP contribution in [0.3, 0.4) is 0 Å². The van der Waals surface area contributed by atoms with E-state index in [4.69, 9.17) is 0 Å². The molecule has 3 fully saturated rings. The van der Waals surface area contributed by atoms with E-state index in [2.05, 4.69) is 5.32 Å². The average Bonchev–Trinajstić information content (AvgIpc) is 3.12. The molecule has 0 bridgehead atoms. The number of rotatable bonds is 2. The third-order valence-electron chi connectivity index (χ3n) is 6.39. The van der Waals surface area contributed by atoms with Gasteiger partial charge in [-0.2, -0.15) is 0 Å². The summed E-state index contributed by atoms with van der Waals surface area (Å²) in [6.07, 6.45) is 4.46. The number of hydrogen-bond acceptors (Lipinski definition) is 3. The molecule has 0 radical (unpaired) electrons. The maximum Gasteiger partial charge on any atom is 0.254 e. The maximum atomic E-state index is 13.4. The van der Waals surface area contributed by atoms with Crippen molar-refractivity contribution in [3.05, 3.63) is 35.6 Å². The Kier molecular flexibility index (Phi) is 6.06. The molecule has 1 aliphatic carbocycles. The van der Waals surface area contributed by atoms with Gasteiger partial charge in [0.05, 0.1) is 5.41 Å². The van der Waals surface area contributed by atoms with Crippen molar-refractivity contribution in [1.82, 2.24) is 15.1 Å². The molecule has 2 atom stereocenters.